The Hall–Kier alpha value is -1.72. The van der Waals surface area contributed by atoms with E-state index in [9.17, 15) is 8.42 Å². The van der Waals surface area contributed by atoms with Crippen molar-refractivity contribution in [3.05, 3.63) is 58.6 Å². The number of benzene rings is 2. The first-order chi connectivity index (χ1) is 9.37. The highest BCUT2D eigenvalue weighted by Gasteiger charge is 2.15. The molecule has 0 bridgehead atoms. The zero-order chi connectivity index (χ0) is 14.8. The Balaban J connectivity index is 2.22. The molecule has 0 unspecified atom stereocenters. The van der Waals surface area contributed by atoms with Crippen molar-refractivity contribution >= 4 is 33.0 Å². The maximum Gasteiger partial charge on any atom is 0.237 e. The summed E-state index contributed by atoms with van der Waals surface area (Å²) in [6.45, 7) is 1.88. The summed E-state index contributed by atoms with van der Waals surface area (Å²) < 4.78 is 26.7. The van der Waals surface area contributed by atoms with E-state index in [0.717, 1.165) is 5.56 Å². The first kappa shape index (κ1) is 14.7. The zero-order valence-electron chi connectivity index (χ0n) is 10.9. The van der Waals surface area contributed by atoms with Crippen LogP contribution in [0.25, 0.3) is 0 Å². The summed E-state index contributed by atoms with van der Waals surface area (Å²) in [5, 5.41) is 0.370. The molecule has 2 aromatic rings. The van der Waals surface area contributed by atoms with Gasteiger partial charge in [-0.2, -0.15) is 0 Å². The zero-order valence-corrected chi connectivity index (χ0v) is 12.5. The van der Waals surface area contributed by atoms with E-state index in [1.54, 1.807) is 42.5 Å². The van der Waals surface area contributed by atoms with E-state index in [0.29, 0.717) is 22.0 Å². The molecule has 2 rings (SSSR count). The van der Waals surface area contributed by atoms with Gasteiger partial charge in [-0.25, -0.2) is 8.42 Å². The average Bonchev–Trinajstić information content (AvgIpc) is 2.35. The van der Waals surface area contributed by atoms with Crippen LogP contribution in [0.15, 0.2) is 42.5 Å². The second kappa shape index (κ2) is 5.73. The van der Waals surface area contributed by atoms with Crippen molar-refractivity contribution in [2.45, 2.75) is 12.7 Å². The summed E-state index contributed by atoms with van der Waals surface area (Å²) in [6.07, 6.45) is 0. The van der Waals surface area contributed by atoms with Crippen molar-refractivity contribution in [1.29, 1.82) is 0 Å². The van der Waals surface area contributed by atoms with Crippen LogP contribution in [0, 0.1) is 6.92 Å². The topological polar surface area (TPSA) is 72.2 Å². The standard InChI is InChI=1S/C14H15ClN2O2S/c1-10-6-7-14(12(15)8-10)17-20(18,19)9-11-4-2-3-5-13(11)16/h2-8,17H,9,16H2,1H3. The lowest BCUT2D eigenvalue weighted by Crippen LogP contribution is -2.16. The molecular weight excluding hydrogens is 296 g/mol. The van der Waals surface area contributed by atoms with Gasteiger partial charge in [-0.3, -0.25) is 4.72 Å². The molecule has 3 N–H and O–H groups in total. The summed E-state index contributed by atoms with van der Waals surface area (Å²) in [5.41, 5.74) is 8.09. The predicted molar refractivity (Wildman–Crippen MR) is 83.3 cm³/mol. The van der Waals surface area contributed by atoms with Gasteiger partial charge in [0.2, 0.25) is 10.0 Å². The monoisotopic (exact) mass is 310 g/mol. The van der Waals surface area contributed by atoms with Crippen LogP contribution in [0.4, 0.5) is 11.4 Å². The van der Waals surface area contributed by atoms with Crippen molar-refractivity contribution in [2.75, 3.05) is 10.5 Å². The normalized spacial score (nSPS) is 11.3. The van der Waals surface area contributed by atoms with Gasteiger partial charge < -0.3 is 5.73 Å². The summed E-state index contributed by atoms with van der Waals surface area (Å²) in [4.78, 5) is 0. The Morgan fingerprint density at radius 2 is 1.90 bits per heavy atom. The number of halogens is 1. The van der Waals surface area contributed by atoms with E-state index in [1.165, 1.54) is 0 Å². The fourth-order valence-corrected chi connectivity index (χ4v) is 3.37. The molecule has 0 aliphatic carbocycles. The minimum atomic E-state index is -3.56. The van der Waals surface area contributed by atoms with Gasteiger partial charge in [-0.1, -0.05) is 35.9 Å². The van der Waals surface area contributed by atoms with Gasteiger partial charge >= 0.3 is 0 Å². The number of sulfonamides is 1. The summed E-state index contributed by atoms with van der Waals surface area (Å²) >= 11 is 6.02. The Labute approximate surface area is 123 Å². The fraction of sp³-hybridized carbons (Fsp3) is 0.143. The summed E-state index contributed by atoms with van der Waals surface area (Å²) in [7, 11) is -3.56. The van der Waals surface area contributed by atoms with Gasteiger partial charge in [0, 0.05) is 5.69 Å². The molecular formula is C14H15ClN2O2S. The number of nitrogens with one attached hydrogen (secondary N) is 1. The molecule has 0 aromatic heterocycles. The quantitative estimate of drug-likeness (QED) is 0.852. The van der Waals surface area contributed by atoms with Crippen LogP contribution in [-0.4, -0.2) is 8.42 Å². The number of nitrogen functional groups attached to an aromatic ring is 1. The summed E-state index contributed by atoms with van der Waals surface area (Å²) in [6, 6.07) is 12.0. The van der Waals surface area contributed by atoms with Gasteiger partial charge in [0.05, 0.1) is 16.5 Å². The molecule has 0 saturated heterocycles. The van der Waals surface area contributed by atoms with Crippen molar-refractivity contribution in [3.63, 3.8) is 0 Å². The molecule has 0 amide bonds. The molecule has 0 heterocycles. The lowest BCUT2D eigenvalue weighted by Gasteiger charge is -2.11. The number of rotatable bonds is 4. The van der Waals surface area contributed by atoms with E-state index in [4.69, 9.17) is 17.3 Å². The lowest BCUT2D eigenvalue weighted by molar-refractivity contribution is 0.600. The van der Waals surface area contributed by atoms with Gasteiger partial charge in [0.15, 0.2) is 0 Å². The highest BCUT2D eigenvalue weighted by Crippen LogP contribution is 2.25. The largest absolute Gasteiger partial charge is 0.398 e. The van der Waals surface area contributed by atoms with Gasteiger partial charge in [0.1, 0.15) is 0 Å². The highest BCUT2D eigenvalue weighted by atomic mass is 35.5. The van der Waals surface area contributed by atoms with E-state index in [2.05, 4.69) is 4.72 Å². The molecule has 6 heteroatoms. The van der Waals surface area contributed by atoms with Crippen LogP contribution in [0.2, 0.25) is 5.02 Å². The average molecular weight is 311 g/mol. The van der Waals surface area contributed by atoms with Crippen LogP contribution >= 0.6 is 11.6 Å². The molecule has 0 fully saturated rings. The van der Waals surface area contributed by atoms with Crippen molar-refractivity contribution in [1.82, 2.24) is 0 Å². The van der Waals surface area contributed by atoms with E-state index >= 15 is 0 Å². The molecule has 0 aliphatic heterocycles. The Morgan fingerprint density at radius 3 is 2.55 bits per heavy atom. The third-order valence-corrected chi connectivity index (χ3v) is 4.33. The smallest absolute Gasteiger partial charge is 0.237 e. The number of nitrogens with two attached hydrogens (primary N) is 1. The van der Waals surface area contributed by atoms with Crippen molar-refractivity contribution in [3.8, 4) is 0 Å². The molecule has 4 nitrogen and oxygen atoms in total. The predicted octanol–water partition coefficient (Wildman–Crippen LogP) is 3.17. The molecule has 0 aliphatic rings. The van der Waals surface area contributed by atoms with Crippen LogP contribution in [0.3, 0.4) is 0 Å². The van der Waals surface area contributed by atoms with Crippen LogP contribution in [-0.2, 0) is 15.8 Å². The lowest BCUT2D eigenvalue weighted by atomic mass is 10.2. The first-order valence-electron chi connectivity index (χ1n) is 5.97. The van der Waals surface area contributed by atoms with E-state index in [1.807, 2.05) is 6.92 Å². The molecule has 0 saturated carbocycles. The van der Waals surface area contributed by atoms with Gasteiger partial charge in [-0.05, 0) is 36.2 Å². The number of hydrogen-bond donors (Lipinski definition) is 2. The van der Waals surface area contributed by atoms with Crippen LogP contribution < -0.4 is 10.5 Å². The molecule has 0 atom stereocenters. The maximum absolute atomic E-state index is 12.1. The third kappa shape index (κ3) is 3.65. The molecule has 106 valence electrons. The number of anilines is 2. The second-order valence-electron chi connectivity index (χ2n) is 4.54. The number of hydrogen-bond acceptors (Lipinski definition) is 3. The summed E-state index contributed by atoms with van der Waals surface area (Å²) in [5.74, 6) is -0.191. The van der Waals surface area contributed by atoms with Crippen molar-refractivity contribution in [2.24, 2.45) is 0 Å². The first-order valence-corrected chi connectivity index (χ1v) is 8.00. The minimum absolute atomic E-state index is 0.191. The molecule has 20 heavy (non-hydrogen) atoms. The van der Waals surface area contributed by atoms with Gasteiger partial charge in [-0.15, -0.1) is 0 Å². The van der Waals surface area contributed by atoms with Crippen LogP contribution in [0.5, 0.6) is 0 Å². The highest BCUT2D eigenvalue weighted by molar-refractivity contribution is 7.91. The Kier molecular flexibility index (Phi) is 4.20. The Bertz CT molecular complexity index is 730. The molecule has 2 aromatic carbocycles. The molecule has 0 spiro atoms. The number of aryl methyl sites for hydroxylation is 1. The van der Waals surface area contributed by atoms with E-state index in [-0.39, 0.29) is 5.75 Å². The SMILES string of the molecule is Cc1ccc(NS(=O)(=O)Cc2ccccc2N)c(Cl)c1. The van der Waals surface area contributed by atoms with Crippen molar-refractivity contribution < 1.29 is 8.42 Å². The fourth-order valence-electron chi connectivity index (χ4n) is 1.78. The van der Waals surface area contributed by atoms with E-state index < -0.39 is 10.0 Å². The maximum atomic E-state index is 12.1. The molecule has 0 radical (unpaired) electrons. The number of para-hydroxylation sites is 1. The Morgan fingerprint density at radius 1 is 1.20 bits per heavy atom. The minimum Gasteiger partial charge on any atom is -0.398 e. The van der Waals surface area contributed by atoms with Crippen LogP contribution in [0.1, 0.15) is 11.1 Å². The third-order valence-electron chi connectivity index (χ3n) is 2.79. The second-order valence-corrected chi connectivity index (χ2v) is 6.67. The van der Waals surface area contributed by atoms with Gasteiger partial charge in [0.25, 0.3) is 0 Å².